The zero-order chi connectivity index (χ0) is 13.1. The van der Waals surface area contributed by atoms with Gasteiger partial charge in [0.05, 0.1) is 0 Å². The second-order valence-electron chi connectivity index (χ2n) is 3.96. The van der Waals surface area contributed by atoms with Gasteiger partial charge in [0.25, 0.3) is 0 Å². The predicted octanol–water partition coefficient (Wildman–Crippen LogP) is 1.25. The first-order valence-corrected chi connectivity index (χ1v) is 5.70. The van der Waals surface area contributed by atoms with Crippen molar-refractivity contribution in [3.05, 3.63) is 0 Å². The number of thiocarbonyl (C=S) groups is 2. The Morgan fingerprint density at radius 3 is 1.56 bits per heavy atom. The fourth-order valence-electron chi connectivity index (χ4n) is 1.49. The fourth-order valence-corrected chi connectivity index (χ4v) is 2.21. The number of nitrogens with zero attached hydrogens (tertiary/aromatic N) is 2. The number of carboxylic acids is 1. The SMILES string of the molecule is CCC(C(=O)O)(C(=S)N(C)C)C(=S)N(C)C. The first kappa shape index (κ1) is 15.2. The van der Waals surface area contributed by atoms with Crippen LogP contribution in [0.2, 0.25) is 0 Å². The molecule has 1 N–H and O–H groups in total. The maximum absolute atomic E-state index is 11.5. The maximum Gasteiger partial charge on any atom is 0.323 e. The van der Waals surface area contributed by atoms with Crippen LogP contribution in [0.1, 0.15) is 13.3 Å². The molecule has 4 nitrogen and oxygen atoms in total. The van der Waals surface area contributed by atoms with Crippen LogP contribution in [0.15, 0.2) is 0 Å². The third kappa shape index (κ3) is 2.49. The zero-order valence-electron chi connectivity index (χ0n) is 10.3. The average molecular weight is 262 g/mol. The highest BCUT2D eigenvalue weighted by molar-refractivity contribution is 7.82. The van der Waals surface area contributed by atoms with E-state index in [0.717, 1.165) is 0 Å². The standard InChI is InChI=1S/C10H18N2O2S2/c1-6-10(9(13)14,7(15)11(2)3)8(16)12(4)5/h6H2,1-5H3,(H,13,14). The molecule has 92 valence electrons. The van der Waals surface area contributed by atoms with Crippen molar-refractivity contribution < 1.29 is 9.90 Å². The third-order valence-corrected chi connectivity index (χ3v) is 3.87. The summed E-state index contributed by atoms with van der Waals surface area (Å²) in [5, 5.41) is 9.43. The van der Waals surface area contributed by atoms with Gasteiger partial charge in [0.15, 0.2) is 5.41 Å². The van der Waals surface area contributed by atoms with E-state index in [9.17, 15) is 9.90 Å². The highest BCUT2D eigenvalue weighted by atomic mass is 32.1. The first-order valence-electron chi connectivity index (χ1n) is 4.88. The smallest absolute Gasteiger partial charge is 0.323 e. The van der Waals surface area contributed by atoms with Crippen LogP contribution in [0, 0.1) is 5.41 Å². The van der Waals surface area contributed by atoms with Gasteiger partial charge in [-0.15, -0.1) is 0 Å². The zero-order valence-corrected chi connectivity index (χ0v) is 11.9. The van der Waals surface area contributed by atoms with Gasteiger partial charge in [-0.1, -0.05) is 31.4 Å². The van der Waals surface area contributed by atoms with Gasteiger partial charge in [-0.3, -0.25) is 4.79 Å². The van der Waals surface area contributed by atoms with Crippen LogP contribution in [0.3, 0.4) is 0 Å². The lowest BCUT2D eigenvalue weighted by molar-refractivity contribution is -0.142. The Morgan fingerprint density at radius 2 is 1.44 bits per heavy atom. The molecule has 0 fully saturated rings. The van der Waals surface area contributed by atoms with Crippen molar-refractivity contribution in [2.45, 2.75) is 13.3 Å². The Hall–Kier alpha value is -0.750. The molecule has 0 heterocycles. The second kappa shape index (κ2) is 5.54. The minimum absolute atomic E-state index is 0.334. The van der Waals surface area contributed by atoms with Crippen LogP contribution in [0.25, 0.3) is 0 Å². The topological polar surface area (TPSA) is 43.8 Å². The molecule has 0 saturated heterocycles. The van der Waals surface area contributed by atoms with Crippen molar-refractivity contribution in [3.63, 3.8) is 0 Å². The fraction of sp³-hybridized carbons (Fsp3) is 0.700. The van der Waals surface area contributed by atoms with Crippen molar-refractivity contribution in [3.8, 4) is 0 Å². The molecule has 0 amide bonds. The van der Waals surface area contributed by atoms with Crippen LogP contribution >= 0.6 is 24.4 Å². The van der Waals surface area contributed by atoms with E-state index in [4.69, 9.17) is 24.4 Å². The van der Waals surface area contributed by atoms with Gasteiger partial charge in [-0.25, -0.2) is 0 Å². The molecule has 0 atom stereocenters. The number of hydrogen-bond donors (Lipinski definition) is 1. The Morgan fingerprint density at radius 1 is 1.12 bits per heavy atom. The van der Waals surface area contributed by atoms with Gasteiger partial charge in [-0.2, -0.15) is 0 Å². The molecule has 0 aromatic heterocycles. The normalized spacial score (nSPS) is 10.8. The summed E-state index contributed by atoms with van der Waals surface area (Å²) in [4.78, 5) is 15.4. The molecule has 0 saturated carbocycles. The first-order chi connectivity index (χ1) is 7.21. The lowest BCUT2D eigenvalue weighted by Gasteiger charge is -2.35. The average Bonchev–Trinajstić information content (AvgIpc) is 2.18. The molecule has 0 aromatic carbocycles. The van der Waals surface area contributed by atoms with E-state index < -0.39 is 11.4 Å². The molecule has 0 radical (unpaired) electrons. The van der Waals surface area contributed by atoms with Gasteiger partial charge >= 0.3 is 5.97 Å². The lowest BCUT2D eigenvalue weighted by Crippen LogP contribution is -2.53. The Labute approximate surface area is 107 Å². The number of carbonyl (C=O) groups is 1. The molecule has 0 aliphatic rings. The lowest BCUT2D eigenvalue weighted by atomic mass is 9.83. The summed E-state index contributed by atoms with van der Waals surface area (Å²) in [6, 6.07) is 0. The largest absolute Gasteiger partial charge is 0.480 e. The summed E-state index contributed by atoms with van der Waals surface area (Å²) in [7, 11) is 6.92. The molecule has 0 aliphatic heterocycles. The second-order valence-corrected chi connectivity index (χ2v) is 4.74. The highest BCUT2D eigenvalue weighted by Gasteiger charge is 2.47. The van der Waals surface area contributed by atoms with Gasteiger partial charge in [0.2, 0.25) is 0 Å². The molecule has 0 aliphatic carbocycles. The van der Waals surface area contributed by atoms with Crippen LogP contribution in [-0.2, 0) is 4.79 Å². The Balaban J connectivity index is 5.60. The van der Waals surface area contributed by atoms with E-state index in [0.29, 0.717) is 16.4 Å². The van der Waals surface area contributed by atoms with E-state index in [2.05, 4.69) is 0 Å². The Bertz CT molecular complexity index is 294. The van der Waals surface area contributed by atoms with E-state index in [1.165, 1.54) is 0 Å². The van der Waals surface area contributed by atoms with Crippen molar-refractivity contribution in [1.29, 1.82) is 0 Å². The van der Waals surface area contributed by atoms with Crippen LogP contribution in [-0.4, -0.2) is 59.0 Å². The molecular formula is C10H18N2O2S2. The van der Waals surface area contributed by atoms with Gasteiger partial charge < -0.3 is 14.9 Å². The van der Waals surface area contributed by atoms with Crippen molar-refractivity contribution in [2.75, 3.05) is 28.2 Å². The van der Waals surface area contributed by atoms with Gasteiger partial charge in [0, 0.05) is 28.2 Å². The summed E-state index contributed by atoms with van der Waals surface area (Å²) in [5.74, 6) is -0.993. The number of carboxylic acid groups (broad SMARTS) is 1. The summed E-state index contributed by atoms with van der Waals surface area (Å²) in [6.07, 6.45) is 0.344. The van der Waals surface area contributed by atoms with Crippen molar-refractivity contribution in [2.24, 2.45) is 5.41 Å². The number of rotatable bonds is 4. The van der Waals surface area contributed by atoms with Crippen molar-refractivity contribution in [1.82, 2.24) is 9.80 Å². The van der Waals surface area contributed by atoms with Crippen LogP contribution in [0.4, 0.5) is 0 Å². The predicted molar refractivity (Wildman–Crippen MR) is 72.9 cm³/mol. The molecule has 6 heteroatoms. The monoisotopic (exact) mass is 262 g/mol. The maximum atomic E-state index is 11.5. The summed E-state index contributed by atoms with van der Waals surface area (Å²) in [6.45, 7) is 1.78. The molecule has 0 rings (SSSR count). The number of hydrogen-bond acceptors (Lipinski definition) is 3. The van der Waals surface area contributed by atoms with E-state index in [1.807, 2.05) is 0 Å². The van der Waals surface area contributed by atoms with Crippen LogP contribution in [0.5, 0.6) is 0 Å². The molecule has 0 unspecified atom stereocenters. The summed E-state index contributed by atoms with van der Waals surface area (Å²) < 4.78 is 0. The summed E-state index contributed by atoms with van der Waals surface area (Å²) >= 11 is 10.4. The van der Waals surface area contributed by atoms with Crippen LogP contribution < -0.4 is 0 Å². The Kier molecular flexibility index (Phi) is 5.28. The molecular weight excluding hydrogens is 244 g/mol. The molecule has 0 bridgehead atoms. The molecule has 0 aromatic rings. The van der Waals surface area contributed by atoms with E-state index >= 15 is 0 Å². The summed E-state index contributed by atoms with van der Waals surface area (Å²) in [5.41, 5.74) is -1.27. The minimum atomic E-state index is -1.27. The quantitative estimate of drug-likeness (QED) is 0.769. The number of aliphatic carboxylic acids is 1. The third-order valence-electron chi connectivity index (χ3n) is 2.44. The van der Waals surface area contributed by atoms with E-state index in [1.54, 1.807) is 44.9 Å². The molecule has 16 heavy (non-hydrogen) atoms. The van der Waals surface area contributed by atoms with Crippen molar-refractivity contribution >= 4 is 40.4 Å². The van der Waals surface area contributed by atoms with E-state index in [-0.39, 0.29) is 0 Å². The van der Waals surface area contributed by atoms with Gasteiger partial charge in [-0.05, 0) is 6.42 Å². The molecule has 0 spiro atoms. The minimum Gasteiger partial charge on any atom is -0.480 e. The highest BCUT2D eigenvalue weighted by Crippen LogP contribution is 2.29. The van der Waals surface area contributed by atoms with Gasteiger partial charge in [0.1, 0.15) is 9.98 Å².